The van der Waals surface area contributed by atoms with Gasteiger partial charge < -0.3 is 15.1 Å². The highest BCUT2D eigenvalue weighted by Crippen LogP contribution is 2.32. The Labute approximate surface area is 161 Å². The Balaban J connectivity index is 1.45. The standard InChI is InChI=1S/C21H20N2O3S/c1-13-7-8-18-14(10-13)11-19(27-18)21(25)23-16-5-2-4-15(12-16)22-20(24)17-6-3-9-26-17/h2-6,9,11-13H,7-8,10H2,1H3,(H,22,24)(H,23,25). The average molecular weight is 380 g/mol. The number of rotatable bonds is 4. The molecule has 3 aromatic rings. The number of amides is 2. The van der Waals surface area contributed by atoms with Gasteiger partial charge in [0.15, 0.2) is 5.76 Å². The van der Waals surface area contributed by atoms with E-state index in [4.69, 9.17) is 4.42 Å². The van der Waals surface area contributed by atoms with E-state index >= 15 is 0 Å². The van der Waals surface area contributed by atoms with Crippen molar-refractivity contribution in [2.45, 2.75) is 26.2 Å². The maximum absolute atomic E-state index is 12.6. The first-order chi connectivity index (χ1) is 13.1. The second-order valence-electron chi connectivity index (χ2n) is 6.87. The van der Waals surface area contributed by atoms with E-state index in [1.807, 2.05) is 6.07 Å². The lowest BCUT2D eigenvalue weighted by molar-refractivity contribution is 0.0995. The fraction of sp³-hybridized carbons (Fsp3) is 0.238. The fourth-order valence-electron chi connectivity index (χ4n) is 3.29. The summed E-state index contributed by atoms with van der Waals surface area (Å²) in [7, 11) is 0. The lowest BCUT2D eigenvalue weighted by Crippen LogP contribution is -2.13. The Morgan fingerprint density at radius 2 is 1.85 bits per heavy atom. The fourth-order valence-corrected chi connectivity index (χ4v) is 4.39. The molecule has 0 spiro atoms. The molecule has 1 aromatic carbocycles. The van der Waals surface area contributed by atoms with Gasteiger partial charge in [0, 0.05) is 16.3 Å². The molecule has 0 fully saturated rings. The molecule has 6 heteroatoms. The van der Waals surface area contributed by atoms with E-state index in [0.717, 1.165) is 17.7 Å². The van der Waals surface area contributed by atoms with Crippen LogP contribution in [0.2, 0.25) is 0 Å². The van der Waals surface area contributed by atoms with E-state index in [9.17, 15) is 9.59 Å². The third-order valence-electron chi connectivity index (χ3n) is 4.68. The number of hydrogen-bond acceptors (Lipinski definition) is 4. The number of anilines is 2. The highest BCUT2D eigenvalue weighted by molar-refractivity contribution is 7.14. The molecule has 0 saturated heterocycles. The van der Waals surface area contributed by atoms with Crippen LogP contribution in [0.25, 0.3) is 0 Å². The van der Waals surface area contributed by atoms with E-state index < -0.39 is 0 Å². The number of fused-ring (bicyclic) bond motifs is 1. The first-order valence-corrected chi connectivity index (χ1v) is 9.78. The molecule has 5 nitrogen and oxygen atoms in total. The summed E-state index contributed by atoms with van der Waals surface area (Å²) in [6, 6.07) is 12.4. The summed E-state index contributed by atoms with van der Waals surface area (Å²) < 4.78 is 5.09. The molecule has 2 N–H and O–H groups in total. The Hall–Kier alpha value is -2.86. The van der Waals surface area contributed by atoms with Crippen molar-refractivity contribution in [1.82, 2.24) is 0 Å². The van der Waals surface area contributed by atoms with Crippen LogP contribution in [0.1, 0.15) is 44.0 Å². The Kier molecular flexibility index (Phi) is 4.81. The molecular formula is C21H20N2O3S. The van der Waals surface area contributed by atoms with E-state index in [1.54, 1.807) is 47.7 Å². The van der Waals surface area contributed by atoms with Crippen molar-refractivity contribution in [2.75, 3.05) is 10.6 Å². The van der Waals surface area contributed by atoms with Gasteiger partial charge in [-0.15, -0.1) is 11.3 Å². The minimum absolute atomic E-state index is 0.114. The maximum Gasteiger partial charge on any atom is 0.291 e. The SMILES string of the molecule is CC1CCc2sc(C(=O)Nc3cccc(NC(=O)c4ccco4)c3)cc2C1. The molecule has 0 aliphatic heterocycles. The third-order valence-corrected chi connectivity index (χ3v) is 5.91. The number of thiophene rings is 1. The topological polar surface area (TPSA) is 71.3 Å². The van der Waals surface area contributed by atoms with Gasteiger partial charge in [0.05, 0.1) is 11.1 Å². The number of aryl methyl sites for hydroxylation is 1. The minimum Gasteiger partial charge on any atom is -0.459 e. The smallest absolute Gasteiger partial charge is 0.291 e. The molecule has 138 valence electrons. The molecule has 1 unspecified atom stereocenters. The van der Waals surface area contributed by atoms with Crippen LogP contribution < -0.4 is 10.6 Å². The van der Waals surface area contributed by atoms with E-state index in [2.05, 4.69) is 17.6 Å². The molecular weight excluding hydrogens is 360 g/mol. The zero-order chi connectivity index (χ0) is 18.8. The summed E-state index contributed by atoms with van der Waals surface area (Å²) in [5, 5.41) is 5.68. The first kappa shape index (κ1) is 17.5. The zero-order valence-electron chi connectivity index (χ0n) is 15.0. The summed E-state index contributed by atoms with van der Waals surface area (Å²) in [5.41, 5.74) is 2.54. The van der Waals surface area contributed by atoms with Gasteiger partial charge in [-0.3, -0.25) is 9.59 Å². The van der Waals surface area contributed by atoms with Crippen LogP contribution >= 0.6 is 11.3 Å². The molecule has 4 rings (SSSR count). The van der Waals surface area contributed by atoms with Crippen LogP contribution in [0.5, 0.6) is 0 Å². The molecule has 2 aromatic heterocycles. The number of benzene rings is 1. The molecule has 0 radical (unpaired) electrons. The van der Waals surface area contributed by atoms with Crippen LogP contribution in [0.4, 0.5) is 11.4 Å². The molecule has 27 heavy (non-hydrogen) atoms. The van der Waals surface area contributed by atoms with Gasteiger partial charge in [0.1, 0.15) is 0 Å². The average Bonchev–Trinajstić information content (AvgIpc) is 3.31. The van der Waals surface area contributed by atoms with E-state index in [1.165, 1.54) is 23.1 Å². The third kappa shape index (κ3) is 3.95. The Morgan fingerprint density at radius 1 is 1.07 bits per heavy atom. The quantitative estimate of drug-likeness (QED) is 0.671. The second kappa shape index (κ2) is 7.40. The summed E-state index contributed by atoms with van der Waals surface area (Å²) >= 11 is 1.58. The molecule has 1 aliphatic carbocycles. The normalized spacial score (nSPS) is 15.8. The van der Waals surface area contributed by atoms with Crippen LogP contribution in [0.3, 0.4) is 0 Å². The van der Waals surface area contributed by atoms with Crippen LogP contribution in [0, 0.1) is 5.92 Å². The lowest BCUT2D eigenvalue weighted by Gasteiger charge is -2.16. The highest BCUT2D eigenvalue weighted by atomic mass is 32.1. The van der Waals surface area contributed by atoms with E-state index in [-0.39, 0.29) is 17.6 Å². The minimum atomic E-state index is -0.330. The molecule has 2 amide bonds. The summed E-state index contributed by atoms with van der Waals surface area (Å²) in [6.45, 7) is 2.25. The van der Waals surface area contributed by atoms with Crippen molar-refractivity contribution in [3.05, 3.63) is 69.8 Å². The second-order valence-corrected chi connectivity index (χ2v) is 8.01. The van der Waals surface area contributed by atoms with Crippen molar-refractivity contribution < 1.29 is 14.0 Å². The molecule has 2 heterocycles. The van der Waals surface area contributed by atoms with E-state index in [0.29, 0.717) is 17.3 Å². The number of hydrogen-bond donors (Lipinski definition) is 2. The van der Waals surface area contributed by atoms with Gasteiger partial charge in [0.2, 0.25) is 0 Å². The maximum atomic E-state index is 12.6. The molecule has 0 bridgehead atoms. The largest absolute Gasteiger partial charge is 0.459 e. The molecule has 1 atom stereocenters. The number of nitrogens with one attached hydrogen (secondary N) is 2. The van der Waals surface area contributed by atoms with Crippen molar-refractivity contribution in [3.63, 3.8) is 0 Å². The first-order valence-electron chi connectivity index (χ1n) is 8.96. The van der Waals surface area contributed by atoms with Gasteiger partial charge >= 0.3 is 0 Å². The Bertz CT molecular complexity index is 975. The van der Waals surface area contributed by atoms with Crippen molar-refractivity contribution in [2.24, 2.45) is 5.92 Å². The monoisotopic (exact) mass is 380 g/mol. The van der Waals surface area contributed by atoms with Crippen molar-refractivity contribution >= 4 is 34.5 Å². The summed E-state index contributed by atoms with van der Waals surface area (Å²) in [5.74, 6) is 0.473. The van der Waals surface area contributed by atoms with Gasteiger partial charge in [-0.05, 0) is 67.1 Å². The van der Waals surface area contributed by atoms with Crippen molar-refractivity contribution in [3.8, 4) is 0 Å². The summed E-state index contributed by atoms with van der Waals surface area (Å²) in [4.78, 5) is 26.8. The van der Waals surface area contributed by atoms with Crippen LogP contribution in [-0.4, -0.2) is 11.8 Å². The lowest BCUT2D eigenvalue weighted by atomic mass is 9.90. The number of carbonyl (C=O) groups is 2. The molecule has 0 saturated carbocycles. The molecule has 1 aliphatic rings. The number of carbonyl (C=O) groups excluding carboxylic acids is 2. The van der Waals surface area contributed by atoms with Gasteiger partial charge in [-0.1, -0.05) is 13.0 Å². The van der Waals surface area contributed by atoms with Crippen molar-refractivity contribution in [1.29, 1.82) is 0 Å². The zero-order valence-corrected chi connectivity index (χ0v) is 15.8. The van der Waals surface area contributed by atoms with Crippen LogP contribution in [0.15, 0.2) is 53.1 Å². The van der Waals surface area contributed by atoms with Crippen LogP contribution in [-0.2, 0) is 12.8 Å². The summed E-state index contributed by atoms with van der Waals surface area (Å²) in [6.07, 6.45) is 4.75. The van der Waals surface area contributed by atoms with Gasteiger partial charge in [-0.25, -0.2) is 0 Å². The number of furan rings is 1. The van der Waals surface area contributed by atoms with Gasteiger partial charge in [-0.2, -0.15) is 0 Å². The predicted molar refractivity (Wildman–Crippen MR) is 107 cm³/mol. The Morgan fingerprint density at radius 3 is 2.59 bits per heavy atom. The predicted octanol–water partition coefficient (Wildman–Crippen LogP) is 4.97. The highest BCUT2D eigenvalue weighted by Gasteiger charge is 2.20. The van der Waals surface area contributed by atoms with Gasteiger partial charge in [0.25, 0.3) is 11.8 Å².